The molecule has 22 heavy (non-hydrogen) atoms. The van der Waals surface area contributed by atoms with E-state index >= 15 is 0 Å². The maximum Gasteiger partial charge on any atom is 0.170 e. The van der Waals surface area contributed by atoms with Gasteiger partial charge >= 0.3 is 0 Å². The van der Waals surface area contributed by atoms with E-state index in [0.717, 1.165) is 52.0 Å². The van der Waals surface area contributed by atoms with Crippen molar-refractivity contribution in [1.82, 2.24) is 5.32 Å². The molecule has 2 fully saturated rings. The van der Waals surface area contributed by atoms with Gasteiger partial charge in [0.15, 0.2) is 5.78 Å². The molecule has 0 radical (unpaired) electrons. The number of Topliss-reactive ketones (excluding diaryl/α,β-unsaturated/α-hetero) is 1. The van der Waals surface area contributed by atoms with Gasteiger partial charge < -0.3 is 10.1 Å². The first-order valence-electron chi connectivity index (χ1n) is 7.89. The molecule has 2 aliphatic rings. The summed E-state index contributed by atoms with van der Waals surface area (Å²) in [6.07, 6.45) is 3.93. The maximum absolute atomic E-state index is 13.1. The second kappa shape index (κ2) is 6.88. The standard InChI is InChI=1S/C17H21Cl2NO2/c18-14-2-1-13(9-15(14)19)16(21)17(5-6-20-11-17)10-12-3-7-22-8-4-12/h1-2,9,12,20H,3-8,10-11H2. The van der Waals surface area contributed by atoms with E-state index in [4.69, 9.17) is 27.9 Å². The fraction of sp³-hybridized carbons (Fsp3) is 0.588. The van der Waals surface area contributed by atoms with Crippen molar-refractivity contribution in [3.63, 3.8) is 0 Å². The molecule has 3 nitrogen and oxygen atoms in total. The summed E-state index contributed by atoms with van der Waals surface area (Å²) in [5.41, 5.74) is 0.365. The summed E-state index contributed by atoms with van der Waals surface area (Å²) in [7, 11) is 0. The van der Waals surface area contributed by atoms with Gasteiger partial charge in [-0.25, -0.2) is 0 Å². The van der Waals surface area contributed by atoms with Crippen LogP contribution in [-0.4, -0.2) is 32.1 Å². The molecule has 5 heteroatoms. The Morgan fingerprint density at radius 3 is 2.68 bits per heavy atom. The fourth-order valence-electron chi connectivity index (χ4n) is 3.65. The first-order chi connectivity index (χ1) is 10.6. The van der Waals surface area contributed by atoms with Crippen LogP contribution in [0.15, 0.2) is 18.2 Å². The molecule has 1 aromatic carbocycles. The lowest BCUT2D eigenvalue weighted by molar-refractivity contribution is 0.0449. The molecule has 120 valence electrons. The van der Waals surface area contributed by atoms with E-state index < -0.39 is 0 Å². The lowest BCUT2D eigenvalue weighted by Crippen LogP contribution is -2.37. The number of hydrogen-bond acceptors (Lipinski definition) is 3. The van der Waals surface area contributed by atoms with Crippen molar-refractivity contribution in [2.75, 3.05) is 26.3 Å². The zero-order chi connectivity index (χ0) is 15.6. The summed E-state index contributed by atoms with van der Waals surface area (Å²) in [5, 5.41) is 4.30. The summed E-state index contributed by atoms with van der Waals surface area (Å²) in [6.45, 7) is 3.28. The second-order valence-electron chi connectivity index (χ2n) is 6.42. The van der Waals surface area contributed by atoms with Gasteiger partial charge in [-0.15, -0.1) is 0 Å². The average Bonchev–Trinajstić information content (AvgIpc) is 3.00. The third kappa shape index (κ3) is 3.33. The number of benzene rings is 1. The Labute approximate surface area is 141 Å². The van der Waals surface area contributed by atoms with Gasteiger partial charge in [0, 0.05) is 30.7 Å². The van der Waals surface area contributed by atoms with Crippen molar-refractivity contribution >= 4 is 29.0 Å². The van der Waals surface area contributed by atoms with E-state index in [2.05, 4.69) is 5.32 Å². The number of carbonyl (C=O) groups excluding carboxylic acids is 1. The van der Waals surface area contributed by atoms with E-state index in [1.54, 1.807) is 18.2 Å². The van der Waals surface area contributed by atoms with Gasteiger partial charge in [0.1, 0.15) is 0 Å². The molecule has 0 bridgehead atoms. The molecule has 1 unspecified atom stereocenters. The molecular weight excluding hydrogens is 321 g/mol. The summed E-state index contributed by atoms with van der Waals surface area (Å²) >= 11 is 12.1. The van der Waals surface area contributed by atoms with E-state index in [-0.39, 0.29) is 11.2 Å². The van der Waals surface area contributed by atoms with Gasteiger partial charge in [-0.2, -0.15) is 0 Å². The number of hydrogen-bond donors (Lipinski definition) is 1. The fourth-order valence-corrected chi connectivity index (χ4v) is 3.95. The lowest BCUT2D eigenvalue weighted by Gasteiger charge is -2.33. The van der Waals surface area contributed by atoms with E-state index in [1.807, 2.05) is 0 Å². The Balaban J connectivity index is 1.82. The second-order valence-corrected chi connectivity index (χ2v) is 7.24. The minimum absolute atomic E-state index is 0.197. The van der Waals surface area contributed by atoms with E-state index in [9.17, 15) is 4.79 Å². The smallest absolute Gasteiger partial charge is 0.170 e. The topological polar surface area (TPSA) is 38.3 Å². The van der Waals surface area contributed by atoms with Crippen LogP contribution in [0.25, 0.3) is 0 Å². The van der Waals surface area contributed by atoms with Crippen molar-refractivity contribution in [2.24, 2.45) is 11.3 Å². The highest BCUT2D eigenvalue weighted by atomic mass is 35.5. The van der Waals surface area contributed by atoms with Crippen molar-refractivity contribution < 1.29 is 9.53 Å². The van der Waals surface area contributed by atoms with Crippen LogP contribution >= 0.6 is 23.2 Å². The SMILES string of the molecule is O=C(c1ccc(Cl)c(Cl)c1)C1(CC2CCOCC2)CCNC1. The zero-order valence-corrected chi connectivity index (χ0v) is 14.1. The highest BCUT2D eigenvalue weighted by Gasteiger charge is 2.43. The van der Waals surface area contributed by atoms with Crippen LogP contribution in [0.4, 0.5) is 0 Å². The highest BCUT2D eigenvalue weighted by molar-refractivity contribution is 6.42. The van der Waals surface area contributed by atoms with Crippen LogP contribution in [0, 0.1) is 11.3 Å². The van der Waals surface area contributed by atoms with Crippen molar-refractivity contribution in [3.05, 3.63) is 33.8 Å². The van der Waals surface area contributed by atoms with Gasteiger partial charge in [0.25, 0.3) is 0 Å². The number of ketones is 1. The normalized spacial score (nSPS) is 26.3. The van der Waals surface area contributed by atoms with Gasteiger partial charge in [-0.1, -0.05) is 23.2 Å². The van der Waals surface area contributed by atoms with Crippen LogP contribution in [0.2, 0.25) is 10.0 Å². The van der Waals surface area contributed by atoms with Crippen molar-refractivity contribution in [2.45, 2.75) is 25.7 Å². The van der Waals surface area contributed by atoms with Crippen LogP contribution < -0.4 is 5.32 Å². The Kier molecular flexibility index (Phi) is 5.08. The van der Waals surface area contributed by atoms with Gasteiger partial charge in [-0.05, 0) is 56.3 Å². The molecule has 1 N–H and O–H groups in total. The van der Waals surface area contributed by atoms with E-state index in [0.29, 0.717) is 21.5 Å². The molecule has 2 heterocycles. The predicted octanol–water partition coefficient (Wildman–Crippen LogP) is 3.97. The molecule has 0 aromatic heterocycles. The Morgan fingerprint density at radius 1 is 1.27 bits per heavy atom. The van der Waals surface area contributed by atoms with Crippen molar-refractivity contribution in [3.8, 4) is 0 Å². The zero-order valence-electron chi connectivity index (χ0n) is 12.5. The third-order valence-corrected chi connectivity index (χ3v) is 5.67. The molecular formula is C17H21Cl2NO2. The summed E-state index contributed by atoms with van der Waals surface area (Å²) < 4.78 is 5.44. The predicted molar refractivity (Wildman–Crippen MR) is 88.9 cm³/mol. The Bertz CT molecular complexity index is 550. The molecule has 0 spiro atoms. The Morgan fingerprint density at radius 2 is 2.05 bits per heavy atom. The number of nitrogens with one attached hydrogen (secondary N) is 1. The largest absolute Gasteiger partial charge is 0.381 e. The summed E-state index contributed by atoms with van der Waals surface area (Å²) in [5.74, 6) is 0.767. The number of rotatable bonds is 4. The minimum Gasteiger partial charge on any atom is -0.381 e. The molecule has 2 aliphatic heterocycles. The first-order valence-corrected chi connectivity index (χ1v) is 8.65. The van der Waals surface area contributed by atoms with Gasteiger partial charge in [-0.3, -0.25) is 4.79 Å². The van der Waals surface area contributed by atoms with Crippen LogP contribution in [0.5, 0.6) is 0 Å². The molecule has 1 atom stereocenters. The lowest BCUT2D eigenvalue weighted by atomic mass is 9.71. The molecule has 0 amide bonds. The van der Waals surface area contributed by atoms with E-state index in [1.165, 1.54) is 0 Å². The van der Waals surface area contributed by atoms with Gasteiger partial charge in [0.2, 0.25) is 0 Å². The third-order valence-electron chi connectivity index (χ3n) is 4.93. The van der Waals surface area contributed by atoms with Crippen LogP contribution in [0.1, 0.15) is 36.0 Å². The number of halogens is 2. The van der Waals surface area contributed by atoms with Crippen LogP contribution in [0.3, 0.4) is 0 Å². The first kappa shape index (κ1) is 16.3. The molecule has 0 aliphatic carbocycles. The monoisotopic (exact) mass is 341 g/mol. The van der Waals surface area contributed by atoms with Crippen molar-refractivity contribution in [1.29, 1.82) is 0 Å². The molecule has 1 aromatic rings. The maximum atomic E-state index is 13.1. The number of ether oxygens (including phenoxy) is 1. The summed E-state index contributed by atoms with van der Waals surface area (Å²) in [6, 6.07) is 5.21. The molecule has 2 saturated heterocycles. The quantitative estimate of drug-likeness (QED) is 0.842. The molecule has 3 rings (SSSR count). The molecule has 0 saturated carbocycles. The average molecular weight is 342 g/mol. The highest BCUT2D eigenvalue weighted by Crippen LogP contribution is 2.40. The van der Waals surface area contributed by atoms with Crippen LogP contribution in [-0.2, 0) is 4.74 Å². The number of carbonyl (C=O) groups is 1. The minimum atomic E-state index is -0.306. The van der Waals surface area contributed by atoms with Gasteiger partial charge in [0.05, 0.1) is 10.0 Å². The summed E-state index contributed by atoms with van der Waals surface area (Å²) in [4.78, 5) is 13.1. The Hall–Kier alpha value is -0.610.